The third-order valence-electron chi connectivity index (χ3n) is 5.31. The highest BCUT2D eigenvalue weighted by Crippen LogP contribution is 2.33. The highest BCUT2D eigenvalue weighted by atomic mass is 79.9. The first-order chi connectivity index (χ1) is 14.8. The van der Waals surface area contributed by atoms with Gasteiger partial charge in [0.2, 0.25) is 0 Å². The molecular weight excluding hydrogens is 468 g/mol. The zero-order chi connectivity index (χ0) is 21.9. The molecule has 0 radical (unpaired) electrons. The quantitative estimate of drug-likeness (QED) is 0.370. The maximum Gasteiger partial charge on any atom is 0.197 e. The molecular formula is C21H16BrF2N7. The van der Waals surface area contributed by atoms with Gasteiger partial charge in [-0.3, -0.25) is 9.67 Å². The predicted molar refractivity (Wildman–Crippen MR) is 115 cm³/mol. The first kappa shape index (κ1) is 19.7. The molecule has 1 atom stereocenters. The van der Waals surface area contributed by atoms with Crippen LogP contribution in [-0.4, -0.2) is 34.3 Å². The Bertz CT molecular complexity index is 1470. The molecule has 0 saturated heterocycles. The minimum Gasteiger partial charge on any atom is -0.304 e. The van der Waals surface area contributed by atoms with Crippen LogP contribution < -0.4 is 0 Å². The second-order valence-corrected chi connectivity index (χ2v) is 8.14. The van der Waals surface area contributed by atoms with Crippen LogP contribution in [0.25, 0.3) is 33.3 Å². The number of aryl methyl sites for hydroxylation is 2. The van der Waals surface area contributed by atoms with Crippen LogP contribution in [0.1, 0.15) is 24.4 Å². The van der Waals surface area contributed by atoms with Crippen molar-refractivity contribution in [2.75, 3.05) is 0 Å². The van der Waals surface area contributed by atoms with E-state index in [1.54, 1.807) is 48.6 Å². The average molecular weight is 484 g/mol. The summed E-state index contributed by atoms with van der Waals surface area (Å²) in [5.74, 6) is -0.782. The molecule has 156 valence electrons. The molecule has 0 aliphatic carbocycles. The summed E-state index contributed by atoms with van der Waals surface area (Å²) in [5.41, 5.74) is 2.51. The lowest BCUT2D eigenvalue weighted by Gasteiger charge is -2.19. The van der Waals surface area contributed by atoms with Crippen molar-refractivity contribution < 1.29 is 8.78 Å². The normalized spacial score (nSPS) is 12.7. The summed E-state index contributed by atoms with van der Waals surface area (Å²) in [7, 11) is 1.80. The van der Waals surface area contributed by atoms with Gasteiger partial charge in [0.25, 0.3) is 0 Å². The van der Waals surface area contributed by atoms with Crippen LogP contribution in [0, 0.1) is 18.6 Å². The highest BCUT2D eigenvalue weighted by molar-refractivity contribution is 9.10. The number of nitrogens with zero attached hydrogens (tertiary/aromatic N) is 7. The van der Waals surface area contributed by atoms with Crippen LogP contribution >= 0.6 is 15.9 Å². The van der Waals surface area contributed by atoms with E-state index in [-0.39, 0.29) is 16.5 Å². The third-order valence-corrected chi connectivity index (χ3v) is 5.69. The smallest absolute Gasteiger partial charge is 0.197 e. The molecule has 4 heterocycles. The van der Waals surface area contributed by atoms with Crippen molar-refractivity contribution in [3.05, 3.63) is 64.5 Å². The number of rotatable bonds is 3. The second-order valence-electron chi connectivity index (χ2n) is 7.32. The van der Waals surface area contributed by atoms with E-state index < -0.39 is 17.7 Å². The summed E-state index contributed by atoms with van der Waals surface area (Å²) < 4.78 is 34.6. The van der Waals surface area contributed by atoms with Crippen LogP contribution in [0.5, 0.6) is 0 Å². The number of halogens is 3. The van der Waals surface area contributed by atoms with Crippen molar-refractivity contribution in [3.8, 4) is 11.1 Å². The van der Waals surface area contributed by atoms with E-state index in [0.717, 1.165) is 5.56 Å². The molecule has 0 aliphatic rings. The van der Waals surface area contributed by atoms with Gasteiger partial charge >= 0.3 is 0 Å². The molecule has 5 aromatic rings. The van der Waals surface area contributed by atoms with Crippen molar-refractivity contribution >= 4 is 38.1 Å². The summed E-state index contributed by atoms with van der Waals surface area (Å²) in [5, 5.41) is 4.38. The Morgan fingerprint density at radius 1 is 1.03 bits per heavy atom. The van der Waals surface area contributed by atoms with Gasteiger partial charge in [0.1, 0.15) is 22.1 Å². The first-order valence-electron chi connectivity index (χ1n) is 9.47. The minimum absolute atomic E-state index is 0.0817. The van der Waals surface area contributed by atoms with E-state index in [1.165, 1.54) is 12.3 Å². The molecule has 31 heavy (non-hydrogen) atoms. The molecule has 7 nitrogen and oxygen atoms in total. The van der Waals surface area contributed by atoms with Crippen LogP contribution in [0.15, 0.2) is 41.5 Å². The topological polar surface area (TPSA) is 74.3 Å². The van der Waals surface area contributed by atoms with Gasteiger partial charge in [-0.2, -0.15) is 5.10 Å². The zero-order valence-corrected chi connectivity index (χ0v) is 18.4. The number of pyridine rings is 1. The number of benzene rings is 1. The molecule has 0 unspecified atom stereocenters. The molecule has 1 aromatic carbocycles. The first-order valence-corrected chi connectivity index (χ1v) is 10.3. The van der Waals surface area contributed by atoms with Crippen LogP contribution in [0.3, 0.4) is 0 Å². The summed E-state index contributed by atoms with van der Waals surface area (Å²) in [6, 6.07) is 2.22. The fourth-order valence-corrected chi connectivity index (χ4v) is 4.14. The van der Waals surface area contributed by atoms with Gasteiger partial charge in [0.05, 0.1) is 24.0 Å². The largest absolute Gasteiger partial charge is 0.304 e. The number of aromatic nitrogens is 7. The standard InChI is InChI=1S/C21H16BrF2N7/c1-10(31-11(2)28-20-21(31)29-17(22)8-26-20)18-15(23)5-16-14(19(18)24)4-12(6-25-16)13-7-27-30(3)9-13/h4-10H,1-3H3/t10-/m0/s1. The summed E-state index contributed by atoms with van der Waals surface area (Å²) in [6.07, 6.45) is 6.60. The van der Waals surface area contributed by atoms with Gasteiger partial charge < -0.3 is 4.57 Å². The van der Waals surface area contributed by atoms with E-state index in [9.17, 15) is 0 Å². The van der Waals surface area contributed by atoms with E-state index >= 15 is 8.78 Å². The van der Waals surface area contributed by atoms with Gasteiger partial charge in [0, 0.05) is 47.6 Å². The van der Waals surface area contributed by atoms with Gasteiger partial charge in [0.15, 0.2) is 11.3 Å². The van der Waals surface area contributed by atoms with E-state index in [4.69, 9.17) is 0 Å². The maximum absolute atomic E-state index is 15.7. The number of hydrogen-bond donors (Lipinski definition) is 0. The lowest BCUT2D eigenvalue weighted by Crippen LogP contribution is -2.13. The molecule has 0 fully saturated rings. The predicted octanol–water partition coefficient (Wildman–Crippen LogP) is 4.73. The lowest BCUT2D eigenvalue weighted by atomic mass is 10.0. The minimum atomic E-state index is -0.708. The molecule has 0 bridgehead atoms. The Labute approximate surface area is 183 Å². The maximum atomic E-state index is 15.7. The fourth-order valence-electron chi connectivity index (χ4n) is 3.87. The highest BCUT2D eigenvalue weighted by Gasteiger charge is 2.25. The molecule has 0 aliphatic heterocycles. The molecule has 0 spiro atoms. The Kier molecular flexibility index (Phi) is 4.54. The zero-order valence-electron chi connectivity index (χ0n) is 16.8. The van der Waals surface area contributed by atoms with Gasteiger partial charge in [-0.05, 0) is 35.8 Å². The Balaban J connectivity index is 1.71. The van der Waals surface area contributed by atoms with Crippen molar-refractivity contribution in [2.45, 2.75) is 19.9 Å². The Hall–Kier alpha value is -3.27. The second kappa shape index (κ2) is 7.16. The van der Waals surface area contributed by atoms with Gasteiger partial charge in [-0.15, -0.1) is 0 Å². The molecule has 10 heteroatoms. The summed E-state index contributed by atoms with van der Waals surface area (Å²) in [6.45, 7) is 3.47. The molecule has 5 rings (SSSR count). The number of imidazole rings is 1. The van der Waals surface area contributed by atoms with E-state index in [2.05, 4.69) is 41.0 Å². The van der Waals surface area contributed by atoms with Crippen LogP contribution in [0.4, 0.5) is 8.78 Å². The molecule has 0 amide bonds. The summed E-state index contributed by atoms with van der Waals surface area (Å²) >= 11 is 3.30. The van der Waals surface area contributed by atoms with E-state index in [1.807, 2.05) is 6.20 Å². The van der Waals surface area contributed by atoms with Crippen molar-refractivity contribution in [3.63, 3.8) is 0 Å². The molecule has 4 aromatic heterocycles. The number of fused-ring (bicyclic) bond motifs is 2. The van der Waals surface area contributed by atoms with Crippen LogP contribution in [-0.2, 0) is 7.05 Å². The van der Waals surface area contributed by atoms with Crippen molar-refractivity contribution in [1.29, 1.82) is 0 Å². The molecule has 0 N–H and O–H groups in total. The van der Waals surface area contributed by atoms with Crippen molar-refractivity contribution in [2.24, 2.45) is 7.05 Å². The Morgan fingerprint density at radius 2 is 1.84 bits per heavy atom. The fraction of sp³-hybridized carbons (Fsp3) is 0.190. The third kappa shape index (κ3) is 3.18. The summed E-state index contributed by atoms with van der Waals surface area (Å²) in [4.78, 5) is 17.3. The van der Waals surface area contributed by atoms with Crippen molar-refractivity contribution in [1.82, 2.24) is 34.3 Å². The monoisotopic (exact) mass is 483 g/mol. The Morgan fingerprint density at radius 3 is 2.58 bits per heavy atom. The van der Waals surface area contributed by atoms with Crippen LogP contribution in [0.2, 0.25) is 0 Å². The SMILES string of the molecule is Cc1nc2ncc(Br)nc2n1[C@@H](C)c1c(F)cc2ncc(-c3cnn(C)c3)cc2c1F. The molecule has 0 saturated carbocycles. The van der Waals surface area contributed by atoms with Gasteiger partial charge in [-0.25, -0.2) is 23.7 Å². The lowest BCUT2D eigenvalue weighted by molar-refractivity contribution is 0.512. The van der Waals surface area contributed by atoms with Gasteiger partial charge in [-0.1, -0.05) is 0 Å². The number of hydrogen-bond acceptors (Lipinski definition) is 5. The average Bonchev–Trinajstić information content (AvgIpc) is 3.30. The van der Waals surface area contributed by atoms with E-state index in [0.29, 0.717) is 27.3 Å².